The van der Waals surface area contributed by atoms with Crippen molar-refractivity contribution < 1.29 is 0 Å². The van der Waals surface area contributed by atoms with Crippen LogP contribution >= 0.6 is 0 Å². The van der Waals surface area contributed by atoms with Gasteiger partial charge in [-0.2, -0.15) is 0 Å². The molecule has 1 aliphatic rings. The third kappa shape index (κ3) is 3.26. The van der Waals surface area contributed by atoms with Gasteiger partial charge in [0.1, 0.15) is 6.67 Å². The summed E-state index contributed by atoms with van der Waals surface area (Å²) in [6.07, 6.45) is 0. The number of para-hydroxylation sites is 2. The Morgan fingerprint density at radius 1 is 0.680 bits per heavy atom. The van der Waals surface area contributed by atoms with Gasteiger partial charge in [-0.05, 0) is 48.5 Å². The Balaban J connectivity index is 1.73. The number of hydrazone groups is 1. The molecule has 0 aromatic heterocycles. The molecule has 0 unspecified atom stereocenters. The minimum atomic E-state index is 0.548. The third-order valence-electron chi connectivity index (χ3n) is 3.98. The maximum Gasteiger partial charge on any atom is 0.199 e. The minimum Gasteiger partial charge on any atom is -0.399 e. The molecule has 1 aliphatic heterocycles. The van der Waals surface area contributed by atoms with E-state index in [9.17, 15) is 0 Å². The zero-order chi connectivity index (χ0) is 17.1. The molecule has 3 aromatic carbocycles. The average Bonchev–Trinajstić information content (AvgIpc) is 2.69. The number of hydrogen-bond acceptors (Lipinski definition) is 4. The summed E-state index contributed by atoms with van der Waals surface area (Å²) in [6.45, 7) is 0.548. The predicted molar refractivity (Wildman–Crippen MR) is 102 cm³/mol. The Morgan fingerprint density at radius 3 is 1.84 bits per heavy atom. The van der Waals surface area contributed by atoms with Crippen LogP contribution in [-0.2, 0) is 0 Å². The third-order valence-corrected chi connectivity index (χ3v) is 3.98. The van der Waals surface area contributed by atoms with Crippen molar-refractivity contribution in [3.63, 3.8) is 0 Å². The Kier molecular flexibility index (Phi) is 3.96. The second kappa shape index (κ2) is 6.57. The first kappa shape index (κ1) is 15.1. The molecule has 0 spiro atoms. The fourth-order valence-electron chi connectivity index (χ4n) is 2.67. The Labute approximate surface area is 147 Å². The van der Waals surface area contributed by atoms with Gasteiger partial charge >= 0.3 is 0 Å². The van der Waals surface area contributed by atoms with Crippen LogP contribution in [0.4, 0.5) is 17.1 Å². The second-order valence-electron chi connectivity index (χ2n) is 5.76. The summed E-state index contributed by atoms with van der Waals surface area (Å²) >= 11 is 0. The smallest absolute Gasteiger partial charge is 0.199 e. The van der Waals surface area contributed by atoms with Gasteiger partial charge in [0.25, 0.3) is 0 Å². The molecule has 123 valence electrons. The van der Waals surface area contributed by atoms with E-state index in [-0.39, 0.29) is 0 Å². The van der Waals surface area contributed by atoms with Crippen molar-refractivity contribution in [2.45, 2.75) is 0 Å². The minimum absolute atomic E-state index is 0.548. The molecule has 0 fully saturated rings. The molecule has 1 radical (unpaired) electrons. The summed E-state index contributed by atoms with van der Waals surface area (Å²) in [5.41, 5.74) is 14.2. The van der Waals surface area contributed by atoms with Crippen molar-refractivity contribution in [1.29, 1.82) is 0 Å². The molecule has 5 heteroatoms. The summed E-state index contributed by atoms with van der Waals surface area (Å²) in [5.74, 6) is 0.652. The molecule has 2 N–H and O–H groups in total. The number of nitrogens with zero attached hydrogens (tertiary/aromatic N) is 4. The highest BCUT2D eigenvalue weighted by Crippen LogP contribution is 2.22. The molecule has 4 rings (SSSR count). The monoisotopic (exact) mass is 328 g/mol. The zero-order valence-corrected chi connectivity index (χ0v) is 13.7. The van der Waals surface area contributed by atoms with Crippen molar-refractivity contribution in [2.24, 2.45) is 5.10 Å². The van der Waals surface area contributed by atoms with Gasteiger partial charge < -0.3 is 5.73 Å². The summed E-state index contributed by atoms with van der Waals surface area (Å²) in [5, 5.41) is 8.63. The molecule has 25 heavy (non-hydrogen) atoms. The van der Waals surface area contributed by atoms with Crippen molar-refractivity contribution >= 4 is 22.9 Å². The van der Waals surface area contributed by atoms with Crippen LogP contribution in [0.2, 0.25) is 0 Å². The van der Waals surface area contributed by atoms with Gasteiger partial charge in [0.15, 0.2) is 5.84 Å². The molecule has 0 saturated carbocycles. The summed E-state index contributed by atoms with van der Waals surface area (Å²) in [6, 6.07) is 27.8. The average molecular weight is 328 g/mol. The second-order valence-corrected chi connectivity index (χ2v) is 5.76. The van der Waals surface area contributed by atoms with Crippen LogP contribution < -0.4 is 21.2 Å². The van der Waals surface area contributed by atoms with E-state index in [0.29, 0.717) is 12.5 Å². The highest BCUT2D eigenvalue weighted by Gasteiger charge is 2.23. The lowest BCUT2D eigenvalue weighted by molar-refractivity contribution is 0.671. The largest absolute Gasteiger partial charge is 0.399 e. The first-order valence-corrected chi connectivity index (χ1v) is 8.11. The van der Waals surface area contributed by atoms with Crippen LogP contribution in [0.1, 0.15) is 5.56 Å². The Hall–Kier alpha value is -3.47. The SMILES string of the molecule is Nc1ccc(C2=NN(c3ccccc3)CN(c3ccccc3)[N]2)cc1. The topological polar surface area (TPSA) is 59.0 Å². The lowest BCUT2D eigenvalue weighted by Crippen LogP contribution is -2.48. The fourth-order valence-corrected chi connectivity index (χ4v) is 2.67. The first-order valence-electron chi connectivity index (χ1n) is 8.11. The molecule has 0 aliphatic carbocycles. The van der Waals surface area contributed by atoms with E-state index < -0.39 is 0 Å². The Morgan fingerprint density at radius 2 is 1.24 bits per heavy atom. The predicted octanol–water partition coefficient (Wildman–Crippen LogP) is 3.43. The lowest BCUT2D eigenvalue weighted by Gasteiger charge is -2.34. The van der Waals surface area contributed by atoms with E-state index in [1.807, 2.05) is 94.9 Å². The van der Waals surface area contributed by atoms with Gasteiger partial charge in [-0.15, -0.1) is 10.5 Å². The normalized spacial score (nSPS) is 14.0. The van der Waals surface area contributed by atoms with Crippen molar-refractivity contribution in [1.82, 2.24) is 5.43 Å². The van der Waals surface area contributed by atoms with Crippen LogP contribution in [0.3, 0.4) is 0 Å². The summed E-state index contributed by atoms with van der Waals surface area (Å²) in [7, 11) is 0. The van der Waals surface area contributed by atoms with Gasteiger partial charge in [0, 0.05) is 11.3 Å². The van der Waals surface area contributed by atoms with Gasteiger partial charge in [-0.1, -0.05) is 36.4 Å². The zero-order valence-electron chi connectivity index (χ0n) is 13.7. The lowest BCUT2D eigenvalue weighted by atomic mass is 10.2. The number of amidine groups is 1. The van der Waals surface area contributed by atoms with Crippen LogP contribution in [0.25, 0.3) is 0 Å². The summed E-state index contributed by atoms with van der Waals surface area (Å²) < 4.78 is 0. The first-order chi connectivity index (χ1) is 12.3. The maximum absolute atomic E-state index is 5.80. The van der Waals surface area contributed by atoms with Crippen LogP contribution in [0.5, 0.6) is 0 Å². The molecule has 3 aromatic rings. The van der Waals surface area contributed by atoms with Crippen molar-refractivity contribution in [2.75, 3.05) is 22.4 Å². The number of anilines is 3. The number of nitrogens with two attached hydrogens (primary N) is 1. The molecular weight excluding hydrogens is 310 g/mol. The highest BCUT2D eigenvalue weighted by atomic mass is 15.7. The number of benzene rings is 3. The highest BCUT2D eigenvalue weighted by molar-refractivity contribution is 6.00. The number of hydrogen-bond donors (Lipinski definition) is 1. The Bertz CT molecular complexity index is 860. The van der Waals surface area contributed by atoms with Crippen molar-refractivity contribution in [3.05, 3.63) is 90.5 Å². The molecule has 5 nitrogen and oxygen atoms in total. The van der Waals surface area contributed by atoms with Crippen LogP contribution in [0, 0.1) is 0 Å². The van der Waals surface area contributed by atoms with Gasteiger partial charge in [0.05, 0.1) is 11.4 Å². The van der Waals surface area contributed by atoms with Gasteiger partial charge in [0.2, 0.25) is 0 Å². The van der Waals surface area contributed by atoms with E-state index in [4.69, 9.17) is 16.3 Å². The van der Waals surface area contributed by atoms with E-state index >= 15 is 0 Å². The molecule has 0 bridgehead atoms. The van der Waals surface area contributed by atoms with E-state index in [2.05, 4.69) is 0 Å². The fraction of sp³-hybridized carbons (Fsp3) is 0.0500. The molecule has 0 amide bonds. The van der Waals surface area contributed by atoms with Crippen LogP contribution in [-0.4, -0.2) is 12.5 Å². The van der Waals surface area contributed by atoms with E-state index in [1.165, 1.54) is 0 Å². The van der Waals surface area contributed by atoms with E-state index in [0.717, 1.165) is 22.6 Å². The quantitative estimate of drug-likeness (QED) is 0.749. The van der Waals surface area contributed by atoms with Gasteiger partial charge in [-0.25, -0.2) is 10.0 Å². The van der Waals surface area contributed by atoms with Crippen molar-refractivity contribution in [3.8, 4) is 0 Å². The standard InChI is InChI=1S/C20H18N5/c21-17-13-11-16(12-14-17)20-22-24(18-7-3-1-4-8-18)15-25(23-20)19-9-5-2-6-10-19/h1-14H,15,21H2. The number of rotatable bonds is 3. The maximum atomic E-state index is 5.80. The molecule has 1 heterocycles. The van der Waals surface area contributed by atoms with Gasteiger partial charge in [-0.3, -0.25) is 0 Å². The summed E-state index contributed by atoms with van der Waals surface area (Å²) in [4.78, 5) is 0. The molecule has 0 atom stereocenters. The number of nitrogen functional groups attached to an aromatic ring is 1. The van der Waals surface area contributed by atoms with E-state index in [1.54, 1.807) is 0 Å². The molecular formula is C20H18N5. The molecule has 0 saturated heterocycles. The van der Waals surface area contributed by atoms with Crippen LogP contribution in [0.15, 0.2) is 90.0 Å².